The number of hydrogen-bond acceptors (Lipinski definition) is 4. The Bertz CT molecular complexity index is 853. The Morgan fingerprint density at radius 1 is 1.08 bits per heavy atom. The van der Waals surface area contributed by atoms with Crippen molar-refractivity contribution in [3.63, 3.8) is 0 Å². The fourth-order valence-corrected chi connectivity index (χ4v) is 2.36. The highest BCUT2D eigenvalue weighted by Crippen LogP contribution is 2.19. The van der Waals surface area contributed by atoms with Gasteiger partial charge < -0.3 is 9.84 Å². The number of carbonyl (C=O) groups excluding carboxylic acids is 1. The average molecular weight is 321 g/mol. The third-order valence-electron chi connectivity index (χ3n) is 3.75. The zero-order valence-electron chi connectivity index (χ0n) is 13.9. The number of carbonyl (C=O) groups is 1. The second kappa shape index (κ2) is 6.66. The first-order chi connectivity index (χ1) is 11.5. The van der Waals surface area contributed by atoms with Gasteiger partial charge in [0.25, 0.3) is 5.91 Å². The van der Waals surface area contributed by atoms with E-state index in [1.54, 1.807) is 12.1 Å². The molecule has 5 heteroatoms. The van der Waals surface area contributed by atoms with Gasteiger partial charge in [-0.15, -0.1) is 0 Å². The molecule has 0 fully saturated rings. The van der Waals surface area contributed by atoms with E-state index in [0.717, 1.165) is 16.7 Å². The number of amides is 1. The number of aromatic nitrogens is 2. The van der Waals surface area contributed by atoms with E-state index in [2.05, 4.69) is 15.5 Å². The van der Waals surface area contributed by atoms with Gasteiger partial charge in [0.15, 0.2) is 0 Å². The van der Waals surface area contributed by atoms with Gasteiger partial charge >= 0.3 is 0 Å². The van der Waals surface area contributed by atoms with E-state index in [4.69, 9.17) is 4.52 Å². The van der Waals surface area contributed by atoms with Gasteiger partial charge in [-0.05, 0) is 39.0 Å². The molecule has 0 saturated carbocycles. The van der Waals surface area contributed by atoms with Crippen molar-refractivity contribution in [2.24, 2.45) is 0 Å². The highest BCUT2D eigenvalue weighted by atomic mass is 16.5. The van der Waals surface area contributed by atoms with Gasteiger partial charge in [-0.3, -0.25) is 4.79 Å². The van der Waals surface area contributed by atoms with E-state index in [1.165, 1.54) is 0 Å². The van der Waals surface area contributed by atoms with Crippen LogP contribution in [0.25, 0.3) is 11.4 Å². The molecular weight excluding hydrogens is 302 g/mol. The molecule has 5 nitrogen and oxygen atoms in total. The van der Waals surface area contributed by atoms with Crippen LogP contribution in [-0.4, -0.2) is 16.0 Å². The minimum absolute atomic E-state index is 0.169. The monoisotopic (exact) mass is 321 g/mol. The summed E-state index contributed by atoms with van der Waals surface area (Å²) >= 11 is 0. The summed E-state index contributed by atoms with van der Waals surface area (Å²) in [5.41, 5.74) is 3.73. The van der Waals surface area contributed by atoms with Crippen LogP contribution in [0.4, 0.5) is 0 Å². The lowest BCUT2D eigenvalue weighted by atomic mass is 10.1. The topological polar surface area (TPSA) is 68.0 Å². The lowest BCUT2D eigenvalue weighted by Gasteiger charge is -2.09. The van der Waals surface area contributed by atoms with Crippen LogP contribution in [0.5, 0.6) is 0 Å². The molecule has 3 rings (SSSR count). The minimum atomic E-state index is -0.370. The van der Waals surface area contributed by atoms with Crippen molar-refractivity contribution in [3.05, 3.63) is 71.1 Å². The van der Waals surface area contributed by atoms with Crippen molar-refractivity contribution in [2.75, 3.05) is 0 Å². The summed E-state index contributed by atoms with van der Waals surface area (Å²) in [5.74, 6) is 0.731. The van der Waals surface area contributed by atoms with Crippen LogP contribution in [0.2, 0.25) is 0 Å². The fourth-order valence-electron chi connectivity index (χ4n) is 2.36. The largest absolute Gasteiger partial charge is 0.341 e. The summed E-state index contributed by atoms with van der Waals surface area (Å²) in [6, 6.07) is 14.9. The Kier molecular flexibility index (Phi) is 4.42. The van der Waals surface area contributed by atoms with Crippen LogP contribution in [0.1, 0.15) is 40.3 Å². The summed E-state index contributed by atoms with van der Waals surface area (Å²) in [5, 5.41) is 6.88. The Morgan fingerprint density at radius 2 is 1.83 bits per heavy atom. The SMILES string of the molecule is Cc1ccc(C(=O)NC(C)c2nc(-c3cccc(C)c3)no2)cc1. The van der Waals surface area contributed by atoms with Crippen LogP contribution >= 0.6 is 0 Å². The molecule has 0 aliphatic carbocycles. The van der Waals surface area contributed by atoms with E-state index in [9.17, 15) is 4.79 Å². The molecule has 1 aromatic heterocycles. The molecule has 1 unspecified atom stereocenters. The van der Waals surface area contributed by atoms with Crippen LogP contribution < -0.4 is 5.32 Å². The Morgan fingerprint density at radius 3 is 2.54 bits per heavy atom. The van der Waals surface area contributed by atoms with Gasteiger partial charge in [0.2, 0.25) is 11.7 Å². The maximum absolute atomic E-state index is 12.3. The van der Waals surface area contributed by atoms with Crippen molar-refractivity contribution >= 4 is 5.91 Å². The van der Waals surface area contributed by atoms with Crippen molar-refractivity contribution < 1.29 is 9.32 Å². The average Bonchev–Trinajstić information content (AvgIpc) is 3.05. The standard InChI is InChI=1S/C19H19N3O2/c1-12-7-9-15(10-8-12)18(23)20-14(3)19-21-17(22-24-19)16-6-4-5-13(2)11-16/h4-11,14H,1-3H3,(H,20,23). The molecule has 1 atom stereocenters. The van der Waals surface area contributed by atoms with Crippen LogP contribution in [0.15, 0.2) is 53.1 Å². The van der Waals surface area contributed by atoms with Gasteiger partial charge in [0, 0.05) is 11.1 Å². The first-order valence-electron chi connectivity index (χ1n) is 7.81. The third-order valence-corrected chi connectivity index (χ3v) is 3.75. The molecule has 0 radical (unpaired) electrons. The zero-order chi connectivity index (χ0) is 17.1. The molecule has 0 spiro atoms. The number of aryl methyl sites for hydroxylation is 2. The van der Waals surface area contributed by atoms with Crippen LogP contribution in [0.3, 0.4) is 0 Å². The van der Waals surface area contributed by atoms with Gasteiger partial charge in [-0.25, -0.2) is 0 Å². The number of nitrogens with zero attached hydrogens (tertiary/aromatic N) is 2. The summed E-state index contributed by atoms with van der Waals surface area (Å²) in [6.45, 7) is 5.81. The molecular formula is C19H19N3O2. The number of nitrogens with one attached hydrogen (secondary N) is 1. The predicted octanol–water partition coefficient (Wildman–Crippen LogP) is 3.84. The van der Waals surface area contributed by atoms with Gasteiger partial charge in [0.1, 0.15) is 6.04 Å². The number of rotatable bonds is 4. The van der Waals surface area contributed by atoms with Gasteiger partial charge in [-0.1, -0.05) is 46.6 Å². The van der Waals surface area contributed by atoms with E-state index in [-0.39, 0.29) is 11.9 Å². The highest BCUT2D eigenvalue weighted by Gasteiger charge is 2.18. The molecule has 24 heavy (non-hydrogen) atoms. The van der Waals surface area contributed by atoms with E-state index in [0.29, 0.717) is 17.3 Å². The lowest BCUT2D eigenvalue weighted by molar-refractivity contribution is 0.0932. The molecule has 1 heterocycles. The quantitative estimate of drug-likeness (QED) is 0.792. The van der Waals surface area contributed by atoms with E-state index < -0.39 is 0 Å². The fraction of sp³-hybridized carbons (Fsp3) is 0.211. The van der Waals surface area contributed by atoms with E-state index in [1.807, 2.05) is 57.2 Å². The molecule has 0 aliphatic rings. The molecule has 122 valence electrons. The van der Waals surface area contributed by atoms with Crippen LogP contribution in [0, 0.1) is 13.8 Å². The Balaban J connectivity index is 1.73. The van der Waals surface area contributed by atoms with Crippen LogP contribution in [-0.2, 0) is 0 Å². The normalized spacial score (nSPS) is 12.0. The second-order valence-corrected chi connectivity index (χ2v) is 5.89. The number of hydrogen-bond donors (Lipinski definition) is 1. The molecule has 1 amide bonds. The Labute approximate surface area is 140 Å². The maximum Gasteiger partial charge on any atom is 0.251 e. The van der Waals surface area contributed by atoms with Crippen molar-refractivity contribution in [2.45, 2.75) is 26.8 Å². The Hall–Kier alpha value is -2.95. The van der Waals surface area contributed by atoms with Crippen molar-refractivity contribution in [1.82, 2.24) is 15.5 Å². The third kappa shape index (κ3) is 3.51. The summed E-state index contributed by atoms with van der Waals surface area (Å²) in [7, 11) is 0. The summed E-state index contributed by atoms with van der Waals surface area (Å²) in [6.07, 6.45) is 0. The van der Waals surface area contributed by atoms with Crippen molar-refractivity contribution in [3.8, 4) is 11.4 Å². The van der Waals surface area contributed by atoms with Crippen molar-refractivity contribution in [1.29, 1.82) is 0 Å². The molecule has 0 saturated heterocycles. The molecule has 0 aliphatic heterocycles. The molecule has 0 bridgehead atoms. The highest BCUT2D eigenvalue weighted by molar-refractivity contribution is 5.94. The molecule has 3 aromatic rings. The molecule has 2 aromatic carbocycles. The summed E-state index contributed by atoms with van der Waals surface area (Å²) < 4.78 is 5.30. The zero-order valence-corrected chi connectivity index (χ0v) is 13.9. The van der Waals surface area contributed by atoms with Gasteiger partial charge in [0.05, 0.1) is 0 Å². The lowest BCUT2D eigenvalue weighted by Crippen LogP contribution is -2.26. The van der Waals surface area contributed by atoms with Gasteiger partial charge in [-0.2, -0.15) is 4.98 Å². The first kappa shape index (κ1) is 15.9. The predicted molar refractivity (Wildman–Crippen MR) is 91.5 cm³/mol. The summed E-state index contributed by atoms with van der Waals surface area (Å²) in [4.78, 5) is 16.7. The molecule has 1 N–H and O–H groups in total. The second-order valence-electron chi connectivity index (χ2n) is 5.89. The van der Waals surface area contributed by atoms with E-state index >= 15 is 0 Å². The first-order valence-corrected chi connectivity index (χ1v) is 7.81. The smallest absolute Gasteiger partial charge is 0.251 e. The minimum Gasteiger partial charge on any atom is -0.341 e. The number of benzene rings is 2. The maximum atomic E-state index is 12.3.